The highest BCUT2D eigenvalue weighted by molar-refractivity contribution is 7.89. The molecule has 0 fully saturated rings. The van der Waals surface area contributed by atoms with Crippen LogP contribution in [-0.4, -0.2) is 37.5 Å². The maximum atomic E-state index is 13.6. The number of rotatable bonds is 9. The van der Waals surface area contributed by atoms with Crippen LogP contribution in [0.25, 0.3) is 0 Å². The van der Waals surface area contributed by atoms with Gasteiger partial charge in [0.15, 0.2) is 0 Å². The molecule has 0 aliphatic rings. The summed E-state index contributed by atoms with van der Waals surface area (Å²) >= 11 is 0. The molecule has 6 heteroatoms. The Bertz CT molecular complexity index is 1150. The second-order valence-electron chi connectivity index (χ2n) is 7.54. The molecule has 0 amide bonds. The third kappa shape index (κ3) is 5.38. The standard InChI is InChI=1S/C26H27NO4S/c1-4-18-27(32(29,30)24-16-10-20(2)11-17-24)25(19-21-8-6-5-7-9-21)26(28)22-12-14-23(31-3)15-13-22/h1,5-17,25-26,28H,18-19H2,2-3H3/t25-,26+/m0/s1. The minimum absolute atomic E-state index is 0.137. The van der Waals surface area contributed by atoms with Gasteiger partial charge in [-0.25, -0.2) is 8.42 Å². The molecule has 0 saturated heterocycles. The Kier molecular flexibility index (Phi) is 7.70. The van der Waals surface area contributed by atoms with E-state index in [0.29, 0.717) is 17.7 Å². The van der Waals surface area contributed by atoms with E-state index in [-0.39, 0.29) is 11.4 Å². The monoisotopic (exact) mass is 449 g/mol. The predicted molar refractivity (Wildman–Crippen MR) is 126 cm³/mol. The molecule has 0 saturated carbocycles. The van der Waals surface area contributed by atoms with Crippen LogP contribution in [0.15, 0.2) is 83.8 Å². The maximum absolute atomic E-state index is 13.6. The average Bonchev–Trinajstić information content (AvgIpc) is 2.82. The highest BCUT2D eigenvalue weighted by atomic mass is 32.2. The Balaban J connectivity index is 2.07. The van der Waals surface area contributed by atoms with Gasteiger partial charge < -0.3 is 9.84 Å². The van der Waals surface area contributed by atoms with Crippen LogP contribution in [0.5, 0.6) is 5.75 Å². The lowest BCUT2D eigenvalue weighted by Crippen LogP contribution is -2.45. The molecule has 0 aliphatic carbocycles. The van der Waals surface area contributed by atoms with Crippen LogP contribution in [0.1, 0.15) is 22.8 Å². The van der Waals surface area contributed by atoms with Crippen molar-refractivity contribution in [3.05, 3.63) is 95.6 Å². The van der Waals surface area contributed by atoms with Gasteiger partial charge in [-0.3, -0.25) is 0 Å². The normalized spacial score (nSPS) is 13.3. The number of terminal acetylenes is 1. The summed E-state index contributed by atoms with van der Waals surface area (Å²) in [5, 5.41) is 11.3. The number of benzene rings is 3. The van der Waals surface area contributed by atoms with Gasteiger partial charge in [0.25, 0.3) is 0 Å². The molecule has 0 unspecified atom stereocenters. The maximum Gasteiger partial charge on any atom is 0.244 e. The van der Waals surface area contributed by atoms with Crippen molar-refractivity contribution in [2.24, 2.45) is 0 Å². The summed E-state index contributed by atoms with van der Waals surface area (Å²) in [4.78, 5) is 0.137. The fourth-order valence-electron chi connectivity index (χ4n) is 3.57. The summed E-state index contributed by atoms with van der Waals surface area (Å²) in [7, 11) is -2.40. The van der Waals surface area contributed by atoms with Gasteiger partial charge in [0, 0.05) is 0 Å². The molecular formula is C26H27NO4S. The van der Waals surface area contributed by atoms with E-state index in [0.717, 1.165) is 11.1 Å². The Labute approximate surface area is 190 Å². The molecule has 1 N–H and O–H groups in total. The summed E-state index contributed by atoms with van der Waals surface area (Å²) in [6.07, 6.45) is 4.77. The van der Waals surface area contributed by atoms with Gasteiger partial charge in [0.05, 0.1) is 30.7 Å². The van der Waals surface area contributed by atoms with E-state index in [1.807, 2.05) is 37.3 Å². The molecule has 0 bridgehead atoms. The average molecular weight is 450 g/mol. The van der Waals surface area contributed by atoms with E-state index < -0.39 is 22.2 Å². The molecule has 0 aromatic heterocycles. The minimum Gasteiger partial charge on any atom is -0.497 e. The van der Waals surface area contributed by atoms with Crippen LogP contribution < -0.4 is 4.74 Å². The molecule has 5 nitrogen and oxygen atoms in total. The Morgan fingerprint density at radius 2 is 1.62 bits per heavy atom. The van der Waals surface area contributed by atoms with Crippen molar-refractivity contribution in [3.8, 4) is 18.1 Å². The molecule has 0 aliphatic heterocycles. The molecule has 3 rings (SSSR count). The Hall–Kier alpha value is -3.11. The SMILES string of the molecule is C#CCN([C@@H](Cc1ccccc1)[C@H](O)c1ccc(OC)cc1)S(=O)(=O)c1ccc(C)cc1. The van der Waals surface area contributed by atoms with Crippen molar-refractivity contribution in [2.45, 2.75) is 30.4 Å². The number of hydrogen-bond acceptors (Lipinski definition) is 4. The molecular weight excluding hydrogens is 422 g/mol. The van der Waals surface area contributed by atoms with Crippen molar-refractivity contribution >= 4 is 10.0 Å². The molecule has 0 spiro atoms. The Morgan fingerprint density at radius 1 is 1.00 bits per heavy atom. The van der Waals surface area contributed by atoms with E-state index in [1.54, 1.807) is 55.6 Å². The summed E-state index contributed by atoms with van der Waals surface area (Å²) in [6, 6.07) is 22.2. The first kappa shape index (κ1) is 23.6. The highest BCUT2D eigenvalue weighted by Crippen LogP contribution is 2.30. The first-order chi connectivity index (χ1) is 15.4. The van der Waals surface area contributed by atoms with Crippen molar-refractivity contribution in [1.82, 2.24) is 4.31 Å². The quantitative estimate of drug-likeness (QED) is 0.502. The van der Waals surface area contributed by atoms with E-state index in [2.05, 4.69) is 5.92 Å². The second kappa shape index (κ2) is 10.5. The topological polar surface area (TPSA) is 66.8 Å². The van der Waals surface area contributed by atoms with Crippen LogP contribution in [0.2, 0.25) is 0 Å². The number of aryl methyl sites for hydroxylation is 1. The number of nitrogens with zero attached hydrogens (tertiary/aromatic N) is 1. The smallest absolute Gasteiger partial charge is 0.244 e. The zero-order valence-corrected chi connectivity index (χ0v) is 19.0. The minimum atomic E-state index is -3.96. The van der Waals surface area contributed by atoms with Crippen molar-refractivity contribution in [2.75, 3.05) is 13.7 Å². The van der Waals surface area contributed by atoms with Crippen molar-refractivity contribution < 1.29 is 18.3 Å². The highest BCUT2D eigenvalue weighted by Gasteiger charge is 2.36. The lowest BCUT2D eigenvalue weighted by Gasteiger charge is -2.33. The van der Waals surface area contributed by atoms with Gasteiger partial charge in [0.2, 0.25) is 10.0 Å². The van der Waals surface area contributed by atoms with Crippen LogP contribution in [0.3, 0.4) is 0 Å². The molecule has 2 atom stereocenters. The molecule has 32 heavy (non-hydrogen) atoms. The van der Waals surface area contributed by atoms with Gasteiger partial charge >= 0.3 is 0 Å². The number of aliphatic hydroxyl groups excluding tert-OH is 1. The van der Waals surface area contributed by atoms with Gasteiger partial charge in [-0.2, -0.15) is 4.31 Å². The summed E-state index contributed by atoms with van der Waals surface area (Å²) < 4.78 is 33.6. The predicted octanol–water partition coefficient (Wildman–Crippen LogP) is 3.97. The number of hydrogen-bond donors (Lipinski definition) is 1. The van der Waals surface area contributed by atoms with Crippen LogP contribution in [0, 0.1) is 19.3 Å². The van der Waals surface area contributed by atoms with E-state index in [9.17, 15) is 13.5 Å². The summed E-state index contributed by atoms with van der Waals surface area (Å²) in [5.41, 5.74) is 2.42. The Morgan fingerprint density at radius 3 is 2.19 bits per heavy atom. The van der Waals surface area contributed by atoms with Crippen LogP contribution in [0.4, 0.5) is 0 Å². The first-order valence-electron chi connectivity index (χ1n) is 10.2. The lowest BCUT2D eigenvalue weighted by atomic mass is 9.96. The largest absolute Gasteiger partial charge is 0.497 e. The zero-order chi connectivity index (χ0) is 23.1. The van der Waals surface area contributed by atoms with Crippen LogP contribution >= 0.6 is 0 Å². The van der Waals surface area contributed by atoms with Crippen molar-refractivity contribution in [1.29, 1.82) is 0 Å². The second-order valence-corrected chi connectivity index (χ2v) is 9.43. The summed E-state index contributed by atoms with van der Waals surface area (Å²) in [5.74, 6) is 3.11. The molecule has 166 valence electrons. The molecule has 3 aromatic carbocycles. The number of methoxy groups -OCH3 is 1. The number of ether oxygens (including phenoxy) is 1. The fourth-order valence-corrected chi connectivity index (χ4v) is 5.11. The van der Waals surface area contributed by atoms with Gasteiger partial charge in [-0.15, -0.1) is 6.42 Å². The van der Waals surface area contributed by atoms with Crippen LogP contribution in [-0.2, 0) is 16.4 Å². The summed E-state index contributed by atoms with van der Waals surface area (Å²) in [6.45, 7) is 1.72. The molecule has 0 heterocycles. The molecule has 3 aromatic rings. The van der Waals surface area contributed by atoms with Gasteiger partial charge in [0.1, 0.15) is 5.75 Å². The molecule has 0 radical (unpaired) electrons. The van der Waals surface area contributed by atoms with Gasteiger partial charge in [-0.1, -0.05) is 66.1 Å². The van der Waals surface area contributed by atoms with E-state index >= 15 is 0 Å². The zero-order valence-electron chi connectivity index (χ0n) is 18.2. The lowest BCUT2D eigenvalue weighted by molar-refractivity contribution is 0.0938. The van der Waals surface area contributed by atoms with Crippen molar-refractivity contribution in [3.63, 3.8) is 0 Å². The number of sulfonamides is 1. The number of aliphatic hydroxyl groups is 1. The fraction of sp³-hybridized carbons (Fsp3) is 0.231. The van der Waals surface area contributed by atoms with E-state index in [4.69, 9.17) is 11.2 Å². The first-order valence-corrected chi connectivity index (χ1v) is 11.7. The van der Waals surface area contributed by atoms with Gasteiger partial charge in [-0.05, 0) is 48.7 Å². The third-order valence-electron chi connectivity index (χ3n) is 5.35. The van der Waals surface area contributed by atoms with E-state index in [1.165, 1.54) is 4.31 Å². The third-order valence-corrected chi connectivity index (χ3v) is 7.24.